The number of halogens is 1. The van der Waals surface area contributed by atoms with E-state index in [-0.39, 0.29) is 10.8 Å². The first-order valence-electron chi connectivity index (χ1n) is 4.66. The van der Waals surface area contributed by atoms with Crippen LogP contribution in [0, 0.1) is 0 Å². The Balaban J connectivity index is 2.53. The van der Waals surface area contributed by atoms with E-state index >= 15 is 0 Å². The molecule has 1 aliphatic carbocycles. The molecule has 12 heavy (non-hydrogen) atoms. The molecule has 70 valence electrons. The largest absolute Gasteiger partial charge is 0.304 e. The zero-order chi connectivity index (χ0) is 9.03. The van der Waals surface area contributed by atoms with Crippen molar-refractivity contribution in [3.8, 4) is 0 Å². The lowest BCUT2D eigenvalue weighted by Gasteiger charge is -2.25. The van der Waals surface area contributed by atoms with E-state index < -0.39 is 0 Å². The molecule has 2 nitrogen and oxygen atoms in total. The van der Waals surface area contributed by atoms with Gasteiger partial charge in [-0.2, -0.15) is 0 Å². The van der Waals surface area contributed by atoms with E-state index in [1.165, 1.54) is 0 Å². The number of carbonyl (C=O) groups excluding carboxylic acids is 1. The third kappa shape index (κ3) is 1.99. The first-order chi connectivity index (χ1) is 5.71. The minimum atomic E-state index is -0.377. The normalized spacial score (nSPS) is 21.2. The second kappa shape index (κ2) is 4.24. The summed E-state index contributed by atoms with van der Waals surface area (Å²) in [7, 11) is 0. The van der Waals surface area contributed by atoms with Crippen molar-refractivity contribution in [2.45, 2.75) is 44.6 Å². The number of rotatable bonds is 4. The maximum Gasteiger partial charge on any atom is 0.241 e. The molecule has 0 amide bonds. The van der Waals surface area contributed by atoms with Gasteiger partial charge in [-0.05, 0) is 37.4 Å². The van der Waals surface area contributed by atoms with Crippen LogP contribution in [-0.4, -0.2) is 17.3 Å². The van der Waals surface area contributed by atoms with Crippen molar-refractivity contribution in [3.63, 3.8) is 0 Å². The molecule has 1 rings (SSSR count). The Labute approximate surface area is 78.7 Å². The van der Waals surface area contributed by atoms with Gasteiger partial charge in [-0.25, -0.2) is 0 Å². The molecular formula is C9H16ClNO. The Bertz CT molecular complexity index is 164. The van der Waals surface area contributed by atoms with Gasteiger partial charge in [0.25, 0.3) is 0 Å². The molecule has 0 saturated heterocycles. The molecule has 1 N–H and O–H groups in total. The number of carbonyl (C=O) groups is 1. The average molecular weight is 190 g/mol. The number of nitrogens with one attached hydrogen (secondary N) is 1. The summed E-state index contributed by atoms with van der Waals surface area (Å²) in [5, 5.41) is 3.06. The van der Waals surface area contributed by atoms with Crippen molar-refractivity contribution in [1.82, 2.24) is 5.32 Å². The summed E-state index contributed by atoms with van der Waals surface area (Å²) >= 11 is 5.58. The molecule has 1 saturated carbocycles. The van der Waals surface area contributed by atoms with Crippen molar-refractivity contribution in [3.05, 3.63) is 0 Å². The van der Waals surface area contributed by atoms with Crippen LogP contribution in [0.5, 0.6) is 0 Å². The molecule has 0 aromatic carbocycles. The van der Waals surface area contributed by atoms with Crippen LogP contribution >= 0.6 is 11.6 Å². The van der Waals surface area contributed by atoms with E-state index in [9.17, 15) is 4.79 Å². The van der Waals surface area contributed by atoms with Gasteiger partial charge in [0.2, 0.25) is 5.24 Å². The van der Waals surface area contributed by atoms with Crippen LogP contribution in [0.2, 0.25) is 0 Å². The molecule has 0 radical (unpaired) electrons. The third-order valence-corrected chi connectivity index (χ3v) is 2.91. The van der Waals surface area contributed by atoms with Crippen molar-refractivity contribution in [2.24, 2.45) is 0 Å². The van der Waals surface area contributed by atoms with Crippen molar-refractivity contribution >= 4 is 16.8 Å². The van der Waals surface area contributed by atoms with E-state index in [1.54, 1.807) is 0 Å². The van der Waals surface area contributed by atoms with Crippen LogP contribution in [0.25, 0.3) is 0 Å². The molecule has 0 heterocycles. The summed E-state index contributed by atoms with van der Waals surface area (Å²) in [5.41, 5.74) is -0.377. The van der Waals surface area contributed by atoms with Crippen molar-refractivity contribution < 1.29 is 4.79 Å². The number of hydrogen-bond acceptors (Lipinski definition) is 2. The van der Waals surface area contributed by atoms with Gasteiger partial charge >= 0.3 is 0 Å². The minimum absolute atomic E-state index is 0.201. The molecule has 0 aromatic heterocycles. The molecule has 3 heteroatoms. The first-order valence-corrected chi connectivity index (χ1v) is 5.04. The van der Waals surface area contributed by atoms with Gasteiger partial charge in [0.15, 0.2) is 0 Å². The number of hydrogen-bond donors (Lipinski definition) is 1. The van der Waals surface area contributed by atoms with Crippen LogP contribution in [0.3, 0.4) is 0 Å². The minimum Gasteiger partial charge on any atom is -0.304 e. The molecule has 0 bridgehead atoms. The second-order valence-corrected chi connectivity index (χ2v) is 3.83. The van der Waals surface area contributed by atoms with Crippen LogP contribution in [0.1, 0.15) is 39.0 Å². The van der Waals surface area contributed by atoms with Crippen molar-refractivity contribution in [1.29, 1.82) is 0 Å². The molecule has 0 aromatic rings. The summed E-state index contributed by atoms with van der Waals surface area (Å²) in [6.07, 6.45) is 5.11. The lowest BCUT2D eigenvalue weighted by atomic mass is 9.99. The first kappa shape index (κ1) is 10.0. The zero-order valence-corrected chi connectivity index (χ0v) is 8.28. The molecule has 0 aliphatic heterocycles. The van der Waals surface area contributed by atoms with E-state index in [0.717, 1.165) is 38.6 Å². The maximum atomic E-state index is 11.2. The predicted molar refractivity (Wildman–Crippen MR) is 50.4 cm³/mol. The smallest absolute Gasteiger partial charge is 0.241 e. The monoisotopic (exact) mass is 189 g/mol. The third-order valence-electron chi connectivity index (χ3n) is 2.55. The van der Waals surface area contributed by atoms with E-state index in [0.29, 0.717) is 0 Å². The van der Waals surface area contributed by atoms with Crippen LogP contribution in [0.4, 0.5) is 0 Å². The predicted octanol–water partition coefficient (Wildman–Crippen LogP) is 2.06. The van der Waals surface area contributed by atoms with Gasteiger partial charge < -0.3 is 5.32 Å². The van der Waals surface area contributed by atoms with Crippen molar-refractivity contribution in [2.75, 3.05) is 6.54 Å². The molecule has 1 fully saturated rings. The summed E-state index contributed by atoms with van der Waals surface area (Å²) in [5.74, 6) is 0. The second-order valence-electron chi connectivity index (χ2n) is 3.49. The summed E-state index contributed by atoms with van der Waals surface area (Å²) < 4.78 is 0. The highest BCUT2D eigenvalue weighted by atomic mass is 35.5. The molecular weight excluding hydrogens is 174 g/mol. The highest BCUT2D eigenvalue weighted by molar-refractivity contribution is 6.65. The Hall–Kier alpha value is -0.0800. The van der Waals surface area contributed by atoms with Crippen LogP contribution < -0.4 is 5.32 Å². The SMILES string of the molecule is CCCNC1(C(=O)Cl)CCCC1. The van der Waals surface area contributed by atoms with Gasteiger partial charge in [0.05, 0.1) is 5.54 Å². The van der Waals surface area contributed by atoms with E-state index in [4.69, 9.17) is 11.6 Å². The molecule has 0 atom stereocenters. The standard InChI is InChI=1S/C9H16ClNO/c1-2-7-11-9(8(10)12)5-3-4-6-9/h11H,2-7H2,1H3. The Kier molecular flexibility index (Phi) is 3.53. The molecule has 0 spiro atoms. The summed E-state index contributed by atoms with van der Waals surface area (Å²) in [6, 6.07) is 0. The Morgan fingerprint density at radius 3 is 2.50 bits per heavy atom. The van der Waals surface area contributed by atoms with E-state index in [1.807, 2.05) is 0 Å². The average Bonchev–Trinajstić information content (AvgIpc) is 2.50. The quantitative estimate of drug-likeness (QED) is 0.686. The lowest BCUT2D eigenvalue weighted by molar-refractivity contribution is -0.117. The Morgan fingerprint density at radius 1 is 1.50 bits per heavy atom. The van der Waals surface area contributed by atoms with Gasteiger partial charge in [0, 0.05) is 0 Å². The van der Waals surface area contributed by atoms with Gasteiger partial charge in [-0.15, -0.1) is 0 Å². The summed E-state index contributed by atoms with van der Waals surface area (Å²) in [4.78, 5) is 11.2. The Morgan fingerprint density at radius 2 is 2.08 bits per heavy atom. The highest BCUT2D eigenvalue weighted by Crippen LogP contribution is 2.31. The van der Waals surface area contributed by atoms with Crippen LogP contribution in [-0.2, 0) is 4.79 Å². The summed E-state index contributed by atoms with van der Waals surface area (Å²) in [6.45, 7) is 2.98. The fourth-order valence-corrected chi connectivity index (χ4v) is 2.04. The molecule has 1 aliphatic rings. The lowest BCUT2D eigenvalue weighted by Crippen LogP contribution is -2.48. The van der Waals surface area contributed by atoms with Gasteiger partial charge in [-0.3, -0.25) is 4.79 Å². The van der Waals surface area contributed by atoms with Crippen LogP contribution in [0.15, 0.2) is 0 Å². The topological polar surface area (TPSA) is 29.1 Å². The van der Waals surface area contributed by atoms with Gasteiger partial charge in [0.1, 0.15) is 0 Å². The van der Waals surface area contributed by atoms with E-state index in [2.05, 4.69) is 12.2 Å². The zero-order valence-electron chi connectivity index (χ0n) is 7.53. The fraction of sp³-hybridized carbons (Fsp3) is 0.889. The molecule has 0 unspecified atom stereocenters. The fourth-order valence-electron chi connectivity index (χ4n) is 1.79. The maximum absolute atomic E-state index is 11.2. The highest BCUT2D eigenvalue weighted by Gasteiger charge is 2.38. The van der Waals surface area contributed by atoms with Gasteiger partial charge in [-0.1, -0.05) is 19.8 Å².